The third-order valence-corrected chi connectivity index (χ3v) is 7.44. The topological polar surface area (TPSA) is 70.6 Å². The lowest BCUT2D eigenvalue weighted by Gasteiger charge is -2.34. The number of nitrogens with one attached hydrogen (secondary N) is 1. The van der Waals surface area contributed by atoms with E-state index in [-0.39, 0.29) is 5.91 Å². The molecule has 7 nitrogen and oxygen atoms in total. The van der Waals surface area contributed by atoms with Gasteiger partial charge in [-0.1, -0.05) is 60.4 Å². The van der Waals surface area contributed by atoms with Crippen LogP contribution in [0.2, 0.25) is 0 Å². The summed E-state index contributed by atoms with van der Waals surface area (Å²) in [5, 5.41) is 12.4. The van der Waals surface area contributed by atoms with Crippen LogP contribution in [-0.2, 0) is 11.2 Å². The molecule has 174 valence electrons. The van der Waals surface area contributed by atoms with E-state index in [0.717, 1.165) is 60.1 Å². The van der Waals surface area contributed by atoms with Crippen molar-refractivity contribution in [1.29, 1.82) is 0 Å². The molecule has 0 radical (unpaired) electrons. The molecule has 4 rings (SSSR count). The Morgan fingerprint density at radius 2 is 1.82 bits per heavy atom. The molecular weight excluding hydrogens is 454 g/mol. The number of carbonyl (C=O) groups is 1. The van der Waals surface area contributed by atoms with Gasteiger partial charge in [0.25, 0.3) is 0 Å². The molecule has 1 aromatic heterocycles. The minimum Gasteiger partial charge on any atom is -0.492 e. The Morgan fingerprint density at radius 1 is 1.06 bits per heavy atom. The van der Waals surface area contributed by atoms with Crippen molar-refractivity contribution in [3.63, 3.8) is 0 Å². The fourth-order valence-corrected chi connectivity index (χ4v) is 5.19. The summed E-state index contributed by atoms with van der Waals surface area (Å²) in [5.74, 6) is 1.43. The second-order valence-electron chi connectivity index (χ2n) is 7.72. The summed E-state index contributed by atoms with van der Waals surface area (Å²) in [6.45, 7) is 6.91. The zero-order chi connectivity index (χ0) is 22.9. The summed E-state index contributed by atoms with van der Waals surface area (Å²) in [7, 11) is 0. The Labute approximate surface area is 203 Å². The molecule has 1 N–H and O–H groups in total. The number of hydrogen-bond acceptors (Lipinski definition) is 8. The van der Waals surface area contributed by atoms with Gasteiger partial charge in [0.2, 0.25) is 11.0 Å². The Bertz CT molecular complexity index is 1010. The quantitative estimate of drug-likeness (QED) is 0.434. The summed E-state index contributed by atoms with van der Waals surface area (Å²) in [6.07, 6.45) is 1.02. The van der Waals surface area contributed by atoms with Crippen molar-refractivity contribution >= 4 is 39.8 Å². The van der Waals surface area contributed by atoms with Crippen LogP contribution in [0, 0.1) is 0 Å². The number of nitrogens with zero attached hydrogens (tertiary/aromatic N) is 4. The van der Waals surface area contributed by atoms with Gasteiger partial charge in [0.1, 0.15) is 12.4 Å². The van der Waals surface area contributed by atoms with Gasteiger partial charge >= 0.3 is 0 Å². The number of benzene rings is 2. The van der Waals surface area contributed by atoms with Crippen LogP contribution in [-0.4, -0.2) is 71.0 Å². The lowest BCUT2D eigenvalue weighted by Crippen LogP contribution is -2.50. The highest BCUT2D eigenvalue weighted by atomic mass is 32.2. The number of aromatic nitrogens is 2. The SMILES string of the molecule is CCc1ccc(Nc2nnc(SCC(=O)N3CCN(CCOc4ccccc4)CC3)s2)cc1. The number of ether oxygens (including phenoxy) is 1. The molecule has 33 heavy (non-hydrogen) atoms. The van der Waals surface area contributed by atoms with Crippen LogP contribution in [0.1, 0.15) is 12.5 Å². The minimum absolute atomic E-state index is 0.153. The first kappa shape index (κ1) is 23.5. The van der Waals surface area contributed by atoms with Gasteiger partial charge in [-0.15, -0.1) is 10.2 Å². The average molecular weight is 484 g/mol. The molecule has 1 aliphatic rings. The van der Waals surface area contributed by atoms with E-state index >= 15 is 0 Å². The second-order valence-corrected chi connectivity index (χ2v) is 9.92. The molecule has 0 bridgehead atoms. The van der Waals surface area contributed by atoms with Crippen LogP contribution < -0.4 is 10.1 Å². The predicted octanol–water partition coefficient (Wildman–Crippen LogP) is 4.16. The van der Waals surface area contributed by atoms with Crippen LogP contribution in [0.25, 0.3) is 0 Å². The van der Waals surface area contributed by atoms with Crippen molar-refractivity contribution in [3.8, 4) is 5.75 Å². The molecule has 3 aromatic rings. The van der Waals surface area contributed by atoms with Crippen LogP contribution in [0.3, 0.4) is 0 Å². The van der Waals surface area contributed by atoms with E-state index in [9.17, 15) is 4.79 Å². The molecule has 0 atom stereocenters. The Balaban J connectivity index is 1.15. The molecule has 9 heteroatoms. The second kappa shape index (κ2) is 12.0. The fourth-order valence-electron chi connectivity index (χ4n) is 3.51. The molecule has 2 aromatic carbocycles. The van der Waals surface area contributed by atoms with Gasteiger partial charge in [0.15, 0.2) is 4.34 Å². The van der Waals surface area contributed by atoms with E-state index in [1.54, 1.807) is 0 Å². The standard InChI is InChI=1S/C24H29N5O2S2/c1-2-19-8-10-20(11-9-19)25-23-26-27-24(33-23)32-18-22(30)29-14-12-28(13-15-29)16-17-31-21-6-4-3-5-7-21/h3-11H,2,12-18H2,1H3,(H,25,26). The van der Waals surface area contributed by atoms with E-state index in [1.165, 1.54) is 28.7 Å². The number of rotatable bonds is 10. The van der Waals surface area contributed by atoms with Crippen LogP contribution in [0.4, 0.5) is 10.8 Å². The smallest absolute Gasteiger partial charge is 0.233 e. The first-order valence-corrected chi connectivity index (χ1v) is 13.0. The van der Waals surface area contributed by atoms with Gasteiger partial charge in [0.05, 0.1) is 5.75 Å². The normalized spacial score (nSPS) is 14.3. The third kappa shape index (κ3) is 7.18. The van der Waals surface area contributed by atoms with Gasteiger partial charge in [-0.3, -0.25) is 9.69 Å². The molecule has 0 saturated carbocycles. The largest absolute Gasteiger partial charge is 0.492 e. The Kier molecular flexibility index (Phi) is 8.57. The maximum atomic E-state index is 12.6. The van der Waals surface area contributed by atoms with Crippen molar-refractivity contribution in [3.05, 3.63) is 60.2 Å². The zero-order valence-electron chi connectivity index (χ0n) is 18.8. The van der Waals surface area contributed by atoms with Crippen molar-refractivity contribution in [2.45, 2.75) is 17.7 Å². The van der Waals surface area contributed by atoms with Crippen LogP contribution in [0.15, 0.2) is 58.9 Å². The molecule has 2 heterocycles. The van der Waals surface area contributed by atoms with Gasteiger partial charge in [0, 0.05) is 38.4 Å². The zero-order valence-corrected chi connectivity index (χ0v) is 20.4. The number of amides is 1. The molecular formula is C24H29N5O2S2. The Morgan fingerprint density at radius 3 is 2.55 bits per heavy atom. The van der Waals surface area contributed by atoms with E-state index in [0.29, 0.717) is 12.4 Å². The monoisotopic (exact) mass is 483 g/mol. The number of thioether (sulfide) groups is 1. The highest BCUT2D eigenvalue weighted by molar-refractivity contribution is 8.01. The number of piperazine rings is 1. The predicted molar refractivity (Wildman–Crippen MR) is 135 cm³/mol. The number of para-hydroxylation sites is 1. The molecule has 0 unspecified atom stereocenters. The molecule has 0 spiro atoms. The lowest BCUT2D eigenvalue weighted by atomic mass is 10.1. The summed E-state index contributed by atoms with van der Waals surface area (Å²) in [4.78, 5) is 16.9. The molecule has 1 amide bonds. The van der Waals surface area contributed by atoms with Crippen molar-refractivity contribution < 1.29 is 9.53 Å². The maximum absolute atomic E-state index is 12.6. The van der Waals surface area contributed by atoms with Gasteiger partial charge in [-0.05, 0) is 36.2 Å². The molecule has 0 aliphatic carbocycles. The number of anilines is 2. The number of aryl methyl sites for hydroxylation is 1. The first-order chi connectivity index (χ1) is 16.2. The van der Waals surface area contributed by atoms with Crippen LogP contribution >= 0.6 is 23.1 Å². The highest BCUT2D eigenvalue weighted by Crippen LogP contribution is 2.28. The lowest BCUT2D eigenvalue weighted by molar-refractivity contribution is -0.130. The first-order valence-electron chi connectivity index (χ1n) is 11.2. The molecule has 1 fully saturated rings. The summed E-state index contributed by atoms with van der Waals surface area (Å²) < 4.78 is 6.58. The van der Waals surface area contributed by atoms with Gasteiger partial charge < -0.3 is 15.0 Å². The molecule has 1 saturated heterocycles. The van der Waals surface area contributed by atoms with E-state index in [1.807, 2.05) is 47.4 Å². The Hall–Kier alpha value is -2.62. The molecule has 1 aliphatic heterocycles. The maximum Gasteiger partial charge on any atom is 0.233 e. The van der Waals surface area contributed by atoms with Crippen molar-refractivity contribution in [2.24, 2.45) is 0 Å². The summed E-state index contributed by atoms with van der Waals surface area (Å²) >= 11 is 2.92. The van der Waals surface area contributed by atoms with Gasteiger partial charge in [-0.25, -0.2) is 0 Å². The summed E-state index contributed by atoms with van der Waals surface area (Å²) in [5.41, 5.74) is 2.29. The van der Waals surface area contributed by atoms with E-state index in [2.05, 4.69) is 39.5 Å². The third-order valence-electron chi connectivity index (χ3n) is 5.48. The van der Waals surface area contributed by atoms with E-state index < -0.39 is 0 Å². The minimum atomic E-state index is 0.153. The number of hydrogen-bond donors (Lipinski definition) is 1. The van der Waals surface area contributed by atoms with Crippen LogP contribution in [0.5, 0.6) is 5.75 Å². The van der Waals surface area contributed by atoms with E-state index in [4.69, 9.17) is 4.74 Å². The fraction of sp³-hybridized carbons (Fsp3) is 0.375. The average Bonchev–Trinajstić information content (AvgIpc) is 3.31. The highest BCUT2D eigenvalue weighted by Gasteiger charge is 2.21. The number of carbonyl (C=O) groups excluding carboxylic acids is 1. The van der Waals surface area contributed by atoms with Crippen molar-refractivity contribution in [2.75, 3.05) is 50.4 Å². The van der Waals surface area contributed by atoms with Crippen molar-refractivity contribution in [1.82, 2.24) is 20.0 Å². The summed E-state index contributed by atoms with van der Waals surface area (Å²) in [6, 6.07) is 18.2. The van der Waals surface area contributed by atoms with Gasteiger partial charge in [-0.2, -0.15) is 0 Å².